The third kappa shape index (κ3) is 4.00. The summed E-state index contributed by atoms with van der Waals surface area (Å²) in [7, 11) is 0. The average molecular weight is 402 g/mol. The van der Waals surface area contributed by atoms with Gasteiger partial charge in [-0.15, -0.1) is 0 Å². The molecule has 1 heterocycles. The largest absolute Gasteiger partial charge is 0.398 e. The van der Waals surface area contributed by atoms with Crippen molar-refractivity contribution in [1.29, 1.82) is 0 Å². The lowest BCUT2D eigenvalue weighted by molar-refractivity contribution is -0.127. The summed E-state index contributed by atoms with van der Waals surface area (Å²) in [4.78, 5) is 17.2. The molecule has 0 atom stereocenters. The number of carbonyl (C=O) groups excluding carboxylic acids is 1. The first-order valence-corrected chi connectivity index (χ1v) is 10.8. The molecule has 1 amide bonds. The average Bonchev–Trinajstić information content (AvgIpc) is 3.10. The fourth-order valence-corrected chi connectivity index (χ4v) is 4.43. The molecule has 0 saturated carbocycles. The van der Waals surface area contributed by atoms with Crippen molar-refractivity contribution in [3.63, 3.8) is 0 Å². The predicted molar refractivity (Wildman–Crippen MR) is 124 cm³/mol. The van der Waals surface area contributed by atoms with E-state index in [1.807, 2.05) is 18.7 Å². The Hall–Kier alpha value is -3.01. The number of piperazine rings is 1. The molecule has 4 nitrogen and oxygen atoms in total. The van der Waals surface area contributed by atoms with E-state index in [1.165, 1.54) is 11.3 Å². The van der Waals surface area contributed by atoms with Crippen molar-refractivity contribution in [2.45, 2.75) is 33.1 Å². The van der Waals surface area contributed by atoms with E-state index < -0.39 is 0 Å². The highest BCUT2D eigenvalue weighted by Gasteiger charge is 2.22. The van der Waals surface area contributed by atoms with Crippen LogP contribution in [0.25, 0.3) is 11.3 Å². The van der Waals surface area contributed by atoms with E-state index in [1.54, 1.807) is 6.08 Å². The SMILES string of the molecule is C=C(C)C1=C(N)c2cc(/C(C)=C/C(=O)N3CCN(C4=CCCC=C4)CC3)ccc2C1. The molecule has 30 heavy (non-hydrogen) atoms. The van der Waals surface area contributed by atoms with E-state index in [0.717, 1.165) is 79.0 Å². The Kier molecular flexibility index (Phi) is 5.67. The minimum Gasteiger partial charge on any atom is -0.398 e. The molecule has 4 rings (SSSR count). The zero-order valence-corrected chi connectivity index (χ0v) is 18.1. The smallest absolute Gasteiger partial charge is 0.246 e. The molecule has 4 heteroatoms. The summed E-state index contributed by atoms with van der Waals surface area (Å²) in [5.41, 5.74) is 15.0. The molecule has 156 valence electrons. The number of hydrogen-bond acceptors (Lipinski definition) is 3. The van der Waals surface area contributed by atoms with Crippen LogP contribution in [0.1, 0.15) is 43.4 Å². The Bertz CT molecular complexity index is 1000. The van der Waals surface area contributed by atoms with Gasteiger partial charge in [0.2, 0.25) is 5.91 Å². The number of benzene rings is 1. The monoisotopic (exact) mass is 401 g/mol. The summed E-state index contributed by atoms with van der Waals surface area (Å²) in [5.74, 6) is 0.0898. The Morgan fingerprint density at radius 2 is 1.90 bits per heavy atom. The molecule has 1 saturated heterocycles. The first-order valence-electron chi connectivity index (χ1n) is 10.8. The Morgan fingerprint density at radius 1 is 1.13 bits per heavy atom. The van der Waals surface area contributed by atoms with Crippen molar-refractivity contribution in [3.05, 3.63) is 82.6 Å². The number of amides is 1. The summed E-state index contributed by atoms with van der Waals surface area (Å²) >= 11 is 0. The zero-order valence-electron chi connectivity index (χ0n) is 18.1. The molecule has 0 aromatic heterocycles. The highest BCUT2D eigenvalue weighted by Crippen LogP contribution is 2.34. The van der Waals surface area contributed by atoms with Crippen LogP contribution in [-0.2, 0) is 11.2 Å². The van der Waals surface area contributed by atoms with Crippen LogP contribution in [0.4, 0.5) is 0 Å². The van der Waals surface area contributed by atoms with E-state index in [-0.39, 0.29) is 5.91 Å². The topological polar surface area (TPSA) is 49.6 Å². The quantitative estimate of drug-likeness (QED) is 0.767. The Balaban J connectivity index is 1.43. The van der Waals surface area contributed by atoms with Crippen molar-refractivity contribution < 1.29 is 4.79 Å². The van der Waals surface area contributed by atoms with Gasteiger partial charge < -0.3 is 15.5 Å². The minimum absolute atomic E-state index is 0.0898. The van der Waals surface area contributed by atoms with Crippen molar-refractivity contribution in [2.75, 3.05) is 26.2 Å². The molecule has 1 fully saturated rings. The van der Waals surface area contributed by atoms with Crippen LogP contribution in [0.2, 0.25) is 0 Å². The first kappa shape index (κ1) is 20.3. The van der Waals surface area contributed by atoms with Gasteiger partial charge in [-0.2, -0.15) is 0 Å². The summed E-state index contributed by atoms with van der Waals surface area (Å²) in [6.45, 7) is 11.3. The molecule has 1 aromatic rings. The number of carbonyl (C=O) groups is 1. The van der Waals surface area contributed by atoms with Gasteiger partial charge >= 0.3 is 0 Å². The van der Waals surface area contributed by atoms with Crippen LogP contribution in [0, 0.1) is 0 Å². The fraction of sp³-hybridized carbons (Fsp3) is 0.346. The number of nitrogens with two attached hydrogens (primary N) is 1. The van der Waals surface area contributed by atoms with Crippen LogP contribution in [0.5, 0.6) is 0 Å². The normalized spacial score (nSPS) is 19.1. The maximum absolute atomic E-state index is 12.9. The zero-order chi connectivity index (χ0) is 21.3. The van der Waals surface area contributed by atoms with Gasteiger partial charge in [0, 0.05) is 55.6 Å². The summed E-state index contributed by atoms with van der Waals surface area (Å²) in [6, 6.07) is 6.32. The Morgan fingerprint density at radius 3 is 2.57 bits per heavy atom. The molecule has 2 N–H and O–H groups in total. The van der Waals surface area contributed by atoms with Gasteiger partial charge in [-0.3, -0.25) is 4.79 Å². The Labute approximate surface area is 179 Å². The van der Waals surface area contributed by atoms with Gasteiger partial charge in [-0.1, -0.05) is 36.4 Å². The highest BCUT2D eigenvalue weighted by atomic mass is 16.2. The molecule has 3 aliphatic rings. The van der Waals surface area contributed by atoms with Gasteiger partial charge in [0.1, 0.15) is 0 Å². The molecule has 2 aliphatic carbocycles. The molecule has 1 aliphatic heterocycles. The lowest BCUT2D eigenvalue weighted by Gasteiger charge is -2.36. The standard InChI is InChI=1S/C26H31N3O/c1-18(2)23-17-21-10-9-20(16-24(21)26(23)27)19(3)15-25(30)29-13-11-28(12-14-29)22-7-5-4-6-8-22/h5,7-10,15-16H,1,4,6,11-14,17,27H2,2-3H3/b19-15+. The van der Waals surface area contributed by atoms with Crippen molar-refractivity contribution in [1.82, 2.24) is 9.80 Å². The third-order valence-corrected chi connectivity index (χ3v) is 6.33. The van der Waals surface area contributed by atoms with Crippen molar-refractivity contribution in [2.24, 2.45) is 5.73 Å². The van der Waals surface area contributed by atoms with E-state index >= 15 is 0 Å². The van der Waals surface area contributed by atoms with Gasteiger partial charge in [-0.05, 0) is 61.1 Å². The van der Waals surface area contributed by atoms with E-state index in [4.69, 9.17) is 5.73 Å². The third-order valence-electron chi connectivity index (χ3n) is 6.33. The van der Waals surface area contributed by atoms with Gasteiger partial charge in [0.05, 0.1) is 0 Å². The molecular weight excluding hydrogens is 370 g/mol. The number of nitrogens with zero attached hydrogens (tertiary/aromatic N) is 2. The van der Waals surface area contributed by atoms with Gasteiger partial charge in [-0.25, -0.2) is 0 Å². The molecule has 0 radical (unpaired) electrons. The maximum Gasteiger partial charge on any atom is 0.246 e. The van der Waals surface area contributed by atoms with Gasteiger partial charge in [0.25, 0.3) is 0 Å². The minimum atomic E-state index is 0.0898. The van der Waals surface area contributed by atoms with E-state index in [0.29, 0.717) is 0 Å². The van der Waals surface area contributed by atoms with E-state index in [2.05, 4.69) is 47.9 Å². The highest BCUT2D eigenvalue weighted by molar-refractivity contribution is 5.95. The van der Waals surface area contributed by atoms with Crippen LogP contribution in [-0.4, -0.2) is 41.9 Å². The molecular formula is C26H31N3O. The fourth-order valence-electron chi connectivity index (χ4n) is 4.43. The number of hydrogen-bond donors (Lipinski definition) is 1. The second-order valence-corrected chi connectivity index (χ2v) is 8.47. The molecule has 1 aromatic carbocycles. The van der Waals surface area contributed by atoms with Crippen molar-refractivity contribution in [3.8, 4) is 0 Å². The summed E-state index contributed by atoms with van der Waals surface area (Å²) < 4.78 is 0. The van der Waals surface area contributed by atoms with Crippen molar-refractivity contribution >= 4 is 17.2 Å². The molecule has 0 spiro atoms. The van der Waals surface area contributed by atoms with Gasteiger partial charge in [0.15, 0.2) is 0 Å². The van der Waals surface area contributed by atoms with E-state index in [9.17, 15) is 4.79 Å². The van der Waals surface area contributed by atoms with Crippen LogP contribution in [0.15, 0.2) is 65.9 Å². The molecule has 0 bridgehead atoms. The second kappa shape index (κ2) is 8.39. The lowest BCUT2D eigenvalue weighted by Crippen LogP contribution is -2.47. The van der Waals surface area contributed by atoms with Crippen LogP contribution < -0.4 is 5.73 Å². The number of allylic oxidation sites excluding steroid dienone is 6. The second-order valence-electron chi connectivity index (χ2n) is 8.47. The first-order chi connectivity index (χ1) is 14.4. The van der Waals surface area contributed by atoms with Crippen LogP contribution >= 0.6 is 0 Å². The summed E-state index contributed by atoms with van der Waals surface area (Å²) in [6.07, 6.45) is 11.6. The number of fused-ring (bicyclic) bond motifs is 1. The number of rotatable bonds is 4. The summed E-state index contributed by atoms with van der Waals surface area (Å²) in [5, 5.41) is 0. The predicted octanol–water partition coefficient (Wildman–Crippen LogP) is 4.27. The lowest BCUT2D eigenvalue weighted by atomic mass is 10.00. The molecule has 0 unspecified atom stereocenters. The maximum atomic E-state index is 12.9. The van der Waals surface area contributed by atoms with Crippen LogP contribution in [0.3, 0.4) is 0 Å².